The molecule has 16 heavy (non-hydrogen) atoms. The Bertz CT molecular complexity index is 160. The van der Waals surface area contributed by atoms with Crippen LogP contribution >= 0.6 is 0 Å². The van der Waals surface area contributed by atoms with Crippen LogP contribution in [0.4, 0.5) is 0 Å². The third-order valence-corrected chi connectivity index (χ3v) is 4.03. The summed E-state index contributed by atoms with van der Waals surface area (Å²) in [7, 11) is 0. The van der Waals surface area contributed by atoms with Crippen molar-refractivity contribution in [3.8, 4) is 0 Å². The summed E-state index contributed by atoms with van der Waals surface area (Å²) in [5.41, 5.74) is 0. The van der Waals surface area contributed by atoms with Gasteiger partial charge in [0.25, 0.3) is 0 Å². The van der Waals surface area contributed by atoms with Crippen LogP contribution in [0.25, 0.3) is 0 Å². The van der Waals surface area contributed by atoms with E-state index < -0.39 is 0 Å². The van der Waals surface area contributed by atoms with Crippen LogP contribution < -0.4 is 5.32 Å². The van der Waals surface area contributed by atoms with Crippen LogP contribution in [0, 0.1) is 11.8 Å². The summed E-state index contributed by atoms with van der Waals surface area (Å²) in [5, 5.41) is 3.52. The zero-order valence-corrected chi connectivity index (χ0v) is 11.5. The van der Waals surface area contributed by atoms with Gasteiger partial charge in [-0.2, -0.15) is 0 Å². The second-order valence-corrected chi connectivity index (χ2v) is 5.25. The molecule has 2 nitrogen and oxygen atoms in total. The predicted octanol–water partition coefficient (Wildman–Crippen LogP) is 2.74. The van der Waals surface area contributed by atoms with Gasteiger partial charge in [0.2, 0.25) is 0 Å². The first-order valence-electron chi connectivity index (χ1n) is 7.23. The molecule has 2 heteroatoms. The van der Waals surface area contributed by atoms with E-state index in [2.05, 4.69) is 31.0 Å². The number of rotatable bonds is 7. The molecule has 0 aromatic heterocycles. The molecule has 1 N–H and O–H groups in total. The Balaban J connectivity index is 2.29. The fourth-order valence-electron chi connectivity index (χ4n) is 2.69. The molecule has 1 saturated heterocycles. The lowest BCUT2D eigenvalue weighted by Crippen LogP contribution is -2.40. The zero-order valence-electron chi connectivity index (χ0n) is 11.5. The van der Waals surface area contributed by atoms with Crippen molar-refractivity contribution in [2.75, 3.05) is 32.7 Å². The molecule has 1 fully saturated rings. The van der Waals surface area contributed by atoms with Crippen molar-refractivity contribution in [3.63, 3.8) is 0 Å². The van der Waals surface area contributed by atoms with E-state index in [0.717, 1.165) is 11.8 Å². The van der Waals surface area contributed by atoms with Gasteiger partial charge in [-0.3, -0.25) is 0 Å². The first kappa shape index (κ1) is 14.0. The normalized spacial score (nSPS) is 21.9. The second kappa shape index (κ2) is 8.08. The van der Waals surface area contributed by atoms with Crippen LogP contribution in [0.15, 0.2) is 0 Å². The SMILES string of the molecule is CCC(CC)CN(CC)CC1CCCNC1. The van der Waals surface area contributed by atoms with Crippen LogP contribution in [-0.2, 0) is 0 Å². The van der Waals surface area contributed by atoms with Crippen LogP contribution in [0.1, 0.15) is 46.5 Å². The highest BCUT2D eigenvalue weighted by atomic mass is 15.1. The van der Waals surface area contributed by atoms with Crippen LogP contribution in [-0.4, -0.2) is 37.6 Å². The van der Waals surface area contributed by atoms with Gasteiger partial charge in [-0.15, -0.1) is 0 Å². The molecule has 1 aliphatic rings. The number of nitrogens with zero attached hydrogens (tertiary/aromatic N) is 1. The molecule has 0 bridgehead atoms. The van der Waals surface area contributed by atoms with Gasteiger partial charge in [-0.1, -0.05) is 33.6 Å². The Hall–Kier alpha value is -0.0800. The van der Waals surface area contributed by atoms with Gasteiger partial charge in [-0.05, 0) is 44.3 Å². The van der Waals surface area contributed by atoms with Gasteiger partial charge in [0.1, 0.15) is 0 Å². The minimum atomic E-state index is 0.892. The van der Waals surface area contributed by atoms with E-state index in [9.17, 15) is 0 Å². The van der Waals surface area contributed by atoms with Crippen LogP contribution in [0.5, 0.6) is 0 Å². The molecule has 0 saturated carbocycles. The maximum atomic E-state index is 3.52. The highest BCUT2D eigenvalue weighted by molar-refractivity contribution is 4.73. The van der Waals surface area contributed by atoms with Crippen molar-refractivity contribution in [1.82, 2.24) is 10.2 Å². The maximum absolute atomic E-state index is 3.52. The number of hydrogen-bond donors (Lipinski definition) is 1. The average Bonchev–Trinajstić information content (AvgIpc) is 2.35. The van der Waals surface area contributed by atoms with E-state index >= 15 is 0 Å². The molecule has 0 radical (unpaired) electrons. The molecule has 1 aliphatic heterocycles. The van der Waals surface area contributed by atoms with E-state index in [1.54, 1.807) is 0 Å². The van der Waals surface area contributed by atoms with Crippen LogP contribution in [0.3, 0.4) is 0 Å². The quantitative estimate of drug-likeness (QED) is 0.718. The summed E-state index contributed by atoms with van der Waals surface area (Å²) >= 11 is 0. The molecule has 1 rings (SSSR count). The topological polar surface area (TPSA) is 15.3 Å². The summed E-state index contributed by atoms with van der Waals surface area (Å²) in [5.74, 6) is 1.79. The lowest BCUT2D eigenvalue weighted by molar-refractivity contribution is 0.185. The van der Waals surface area contributed by atoms with Gasteiger partial charge in [0, 0.05) is 13.1 Å². The van der Waals surface area contributed by atoms with Crippen molar-refractivity contribution >= 4 is 0 Å². The molecule has 0 amide bonds. The summed E-state index contributed by atoms with van der Waals surface area (Å²) in [6.07, 6.45) is 5.45. The van der Waals surface area contributed by atoms with Crippen molar-refractivity contribution in [2.24, 2.45) is 11.8 Å². The van der Waals surface area contributed by atoms with Crippen molar-refractivity contribution in [1.29, 1.82) is 0 Å². The highest BCUT2D eigenvalue weighted by Gasteiger charge is 2.17. The lowest BCUT2D eigenvalue weighted by atomic mass is 9.97. The summed E-state index contributed by atoms with van der Waals surface area (Å²) in [4.78, 5) is 2.66. The van der Waals surface area contributed by atoms with Crippen LogP contribution in [0.2, 0.25) is 0 Å². The predicted molar refractivity (Wildman–Crippen MR) is 71.8 cm³/mol. The monoisotopic (exact) mass is 226 g/mol. The minimum absolute atomic E-state index is 0.892. The summed E-state index contributed by atoms with van der Waals surface area (Å²) in [6.45, 7) is 13.2. The molecule has 1 unspecified atom stereocenters. The summed E-state index contributed by atoms with van der Waals surface area (Å²) in [6, 6.07) is 0. The standard InChI is InChI=1S/C14H30N2/c1-4-13(5-2)11-16(6-3)12-14-8-7-9-15-10-14/h13-15H,4-12H2,1-3H3. The third-order valence-electron chi connectivity index (χ3n) is 4.03. The molecule has 1 atom stereocenters. The van der Waals surface area contributed by atoms with Crippen molar-refractivity contribution in [2.45, 2.75) is 46.5 Å². The summed E-state index contributed by atoms with van der Waals surface area (Å²) < 4.78 is 0. The van der Waals surface area contributed by atoms with E-state index in [1.807, 2.05) is 0 Å². The van der Waals surface area contributed by atoms with E-state index in [1.165, 1.54) is 58.4 Å². The Morgan fingerprint density at radius 1 is 1.25 bits per heavy atom. The number of piperidine rings is 1. The van der Waals surface area contributed by atoms with E-state index in [-0.39, 0.29) is 0 Å². The maximum Gasteiger partial charge on any atom is 0.00218 e. The molecule has 96 valence electrons. The van der Waals surface area contributed by atoms with Gasteiger partial charge in [0.05, 0.1) is 0 Å². The van der Waals surface area contributed by atoms with Gasteiger partial charge >= 0.3 is 0 Å². The van der Waals surface area contributed by atoms with E-state index in [0.29, 0.717) is 0 Å². The molecular formula is C14H30N2. The van der Waals surface area contributed by atoms with Gasteiger partial charge < -0.3 is 10.2 Å². The van der Waals surface area contributed by atoms with Gasteiger partial charge in [0.15, 0.2) is 0 Å². The van der Waals surface area contributed by atoms with Crippen molar-refractivity contribution < 1.29 is 0 Å². The molecule has 0 aromatic carbocycles. The molecule has 1 heterocycles. The zero-order chi connectivity index (χ0) is 11.8. The Morgan fingerprint density at radius 3 is 2.50 bits per heavy atom. The molecule has 0 aromatic rings. The smallest absolute Gasteiger partial charge is 0.00218 e. The number of nitrogens with one attached hydrogen (secondary N) is 1. The van der Waals surface area contributed by atoms with Gasteiger partial charge in [-0.25, -0.2) is 0 Å². The van der Waals surface area contributed by atoms with E-state index in [4.69, 9.17) is 0 Å². The van der Waals surface area contributed by atoms with Crippen molar-refractivity contribution in [3.05, 3.63) is 0 Å². The fourth-order valence-corrected chi connectivity index (χ4v) is 2.69. The lowest BCUT2D eigenvalue weighted by Gasteiger charge is -2.31. The highest BCUT2D eigenvalue weighted by Crippen LogP contribution is 2.15. The second-order valence-electron chi connectivity index (χ2n) is 5.25. The molecular weight excluding hydrogens is 196 g/mol. The average molecular weight is 226 g/mol. The largest absolute Gasteiger partial charge is 0.316 e. The Kier molecular flexibility index (Phi) is 7.06. The fraction of sp³-hybridized carbons (Fsp3) is 1.00. The molecule has 0 aliphatic carbocycles. The molecule has 0 spiro atoms. The minimum Gasteiger partial charge on any atom is -0.316 e. The first-order valence-corrected chi connectivity index (χ1v) is 7.23. The third kappa shape index (κ3) is 4.84. The number of hydrogen-bond acceptors (Lipinski definition) is 2. The Labute approximate surface area is 102 Å². The first-order chi connectivity index (χ1) is 7.80. The Morgan fingerprint density at radius 2 is 2.00 bits per heavy atom.